The summed E-state index contributed by atoms with van der Waals surface area (Å²) in [4.78, 5) is 27.6. The van der Waals surface area contributed by atoms with E-state index >= 15 is 0 Å². The van der Waals surface area contributed by atoms with Crippen molar-refractivity contribution >= 4 is 45.4 Å². The zero-order chi connectivity index (χ0) is 38.8. The Labute approximate surface area is 321 Å². The number of carbonyl (C=O) groups excluding carboxylic acids is 2. The molecular weight excluding hydrogens is 681 g/mol. The van der Waals surface area contributed by atoms with Gasteiger partial charge in [0.1, 0.15) is 11.5 Å². The van der Waals surface area contributed by atoms with E-state index in [0.717, 1.165) is 102 Å². The minimum Gasteiger partial charge on any atom is -0.492 e. The maximum absolute atomic E-state index is 13.8. The van der Waals surface area contributed by atoms with E-state index in [1.807, 2.05) is 0 Å². The maximum Gasteiger partial charge on any atom is 0.186 e. The molecule has 2 aliphatic carbocycles. The fourth-order valence-electron chi connectivity index (χ4n) is 6.40. The molecule has 2 heterocycles. The fraction of sp³-hybridized carbons (Fsp3) is 0.565. The molecule has 0 spiro atoms. The molecule has 0 fully saturated rings. The molecule has 0 saturated heterocycles. The van der Waals surface area contributed by atoms with Gasteiger partial charge in [-0.25, -0.2) is 0 Å². The zero-order valence-electron chi connectivity index (χ0n) is 34.6. The smallest absolute Gasteiger partial charge is 0.186 e. The van der Waals surface area contributed by atoms with Gasteiger partial charge in [0.25, 0.3) is 0 Å². The van der Waals surface area contributed by atoms with Crippen LogP contribution in [-0.4, -0.2) is 24.8 Å². The van der Waals surface area contributed by atoms with Crippen LogP contribution in [0.5, 0.6) is 11.5 Å². The topological polar surface area (TPSA) is 52.6 Å². The van der Waals surface area contributed by atoms with Crippen LogP contribution in [0, 0.1) is 30.7 Å². The first-order valence-corrected chi connectivity index (χ1v) is 21.0. The number of allylic oxidation sites excluding steroid dienone is 8. The highest BCUT2D eigenvalue weighted by Crippen LogP contribution is 2.41. The molecule has 0 N–H and O–H groups in total. The molecule has 0 unspecified atom stereocenters. The molecule has 0 radical (unpaired) electrons. The Morgan fingerprint density at radius 2 is 0.769 bits per heavy atom. The zero-order valence-corrected chi connectivity index (χ0v) is 36.2. The Kier molecular flexibility index (Phi) is 13.0. The average molecular weight is 745 g/mol. The van der Waals surface area contributed by atoms with E-state index in [4.69, 9.17) is 9.47 Å². The monoisotopic (exact) mass is 744 g/mol. The summed E-state index contributed by atoms with van der Waals surface area (Å²) in [6.07, 6.45) is 14.8. The molecule has 2 aromatic heterocycles. The minimum atomic E-state index is -0.299. The van der Waals surface area contributed by atoms with Gasteiger partial charge in [0.05, 0.1) is 22.3 Å². The molecule has 6 heteroatoms. The van der Waals surface area contributed by atoms with Gasteiger partial charge in [-0.05, 0) is 82.1 Å². The number of thiophene rings is 2. The Hall–Kier alpha value is -2.96. The summed E-state index contributed by atoms with van der Waals surface area (Å²) in [5, 5.41) is 0. The molecular formula is C46H64O4S2. The summed E-state index contributed by atoms with van der Waals surface area (Å²) in [6.45, 7) is 31.1. The van der Waals surface area contributed by atoms with Crippen LogP contribution < -0.4 is 18.5 Å². The van der Waals surface area contributed by atoms with Crippen molar-refractivity contribution in [3.8, 4) is 11.5 Å². The molecule has 0 saturated carbocycles. The first-order valence-electron chi connectivity index (χ1n) is 19.3. The standard InChI is InChI=1S/C46H64O4S2/c1-15-17-19-21-49-35-27-37(29-23-31(43(3,4)5)39(47)32(24-29)44(6,7)8)51-41(35)42-36(50-22-20-18-16-2)28-38(52-42)30-25-33(45(9,10)11)40(48)34(26-30)46(12,13)14/h23-28H,15-22H2,1-14H3/b42-41-. The van der Waals surface area contributed by atoms with Crippen molar-refractivity contribution in [3.05, 3.63) is 76.9 Å². The van der Waals surface area contributed by atoms with E-state index < -0.39 is 0 Å². The normalized spacial score (nSPS) is 16.9. The predicted octanol–water partition coefficient (Wildman–Crippen LogP) is 11.6. The van der Waals surface area contributed by atoms with E-state index in [1.165, 1.54) is 0 Å². The number of carbonyl (C=O) groups is 2. The second-order valence-corrected chi connectivity index (χ2v) is 20.6. The molecule has 52 heavy (non-hydrogen) atoms. The maximum atomic E-state index is 13.8. The van der Waals surface area contributed by atoms with Gasteiger partial charge in [-0.3, -0.25) is 9.59 Å². The molecule has 0 bridgehead atoms. The van der Waals surface area contributed by atoms with Crippen molar-refractivity contribution in [2.24, 2.45) is 21.7 Å². The molecule has 0 aliphatic heterocycles. The lowest BCUT2D eigenvalue weighted by atomic mass is 9.72. The molecule has 4 nitrogen and oxygen atoms in total. The van der Waals surface area contributed by atoms with Gasteiger partial charge in [0.15, 0.2) is 11.6 Å². The van der Waals surface area contributed by atoms with Crippen LogP contribution in [0.15, 0.2) is 58.7 Å². The highest BCUT2D eigenvalue weighted by molar-refractivity contribution is 7.12. The fourth-order valence-corrected chi connectivity index (χ4v) is 8.72. The highest BCUT2D eigenvalue weighted by atomic mass is 32.1. The molecule has 0 atom stereocenters. The summed E-state index contributed by atoms with van der Waals surface area (Å²) < 4.78 is 17.5. The van der Waals surface area contributed by atoms with Crippen molar-refractivity contribution < 1.29 is 19.1 Å². The second-order valence-electron chi connectivity index (χ2n) is 18.5. The van der Waals surface area contributed by atoms with Crippen LogP contribution >= 0.6 is 22.7 Å². The van der Waals surface area contributed by atoms with E-state index in [-0.39, 0.29) is 33.2 Å². The second kappa shape index (κ2) is 16.2. The molecule has 4 rings (SSSR count). The van der Waals surface area contributed by atoms with E-state index in [0.29, 0.717) is 13.2 Å². The minimum absolute atomic E-state index is 0.135. The summed E-state index contributed by atoms with van der Waals surface area (Å²) in [5.41, 5.74) is 4.22. The van der Waals surface area contributed by atoms with E-state index in [1.54, 1.807) is 22.7 Å². The third kappa shape index (κ3) is 9.77. The Morgan fingerprint density at radius 1 is 0.481 bits per heavy atom. The average Bonchev–Trinajstić information content (AvgIpc) is 3.64. The van der Waals surface area contributed by atoms with Gasteiger partial charge >= 0.3 is 0 Å². The molecule has 2 aromatic rings. The molecule has 0 aromatic carbocycles. The van der Waals surface area contributed by atoms with Crippen LogP contribution in [0.25, 0.3) is 11.1 Å². The largest absolute Gasteiger partial charge is 0.492 e. The van der Waals surface area contributed by atoms with Crippen LogP contribution in [0.2, 0.25) is 0 Å². The first-order chi connectivity index (χ1) is 24.1. The predicted molar refractivity (Wildman–Crippen MR) is 223 cm³/mol. The van der Waals surface area contributed by atoms with Crippen LogP contribution in [0.3, 0.4) is 0 Å². The Morgan fingerprint density at radius 3 is 1.02 bits per heavy atom. The number of hydrogen-bond donors (Lipinski definition) is 0. The molecule has 284 valence electrons. The van der Waals surface area contributed by atoms with Crippen LogP contribution in [-0.2, 0) is 9.59 Å². The number of hydrogen-bond acceptors (Lipinski definition) is 6. The number of ketones is 2. The summed E-state index contributed by atoms with van der Waals surface area (Å²) in [5.74, 6) is 1.97. The van der Waals surface area contributed by atoms with Gasteiger partial charge in [0.2, 0.25) is 0 Å². The third-order valence-corrected chi connectivity index (χ3v) is 12.1. The number of Topliss-reactive ketones (excluding diaryl/α,β-unsaturated/α-hetero) is 2. The SMILES string of the molecule is CCCCCOc1cc(=C2C=C(C(C)(C)C)C(=O)C(C(C)(C)C)=C2)s/c1=c1\sc(=C2C=C(C(C)(C)C)C(=O)C(C(C)(C)C)=C2)cc1OCCCCC. The molecule has 0 amide bonds. The third-order valence-electron chi connectivity index (χ3n) is 9.59. The quantitative estimate of drug-likeness (QED) is 0.227. The van der Waals surface area contributed by atoms with Gasteiger partial charge in [0, 0.05) is 31.4 Å². The lowest BCUT2D eigenvalue weighted by molar-refractivity contribution is -0.114. The summed E-state index contributed by atoms with van der Waals surface area (Å²) in [6, 6.07) is 4.35. The number of unbranched alkanes of at least 4 members (excludes halogenated alkanes) is 4. The summed E-state index contributed by atoms with van der Waals surface area (Å²) >= 11 is 3.42. The van der Waals surface area contributed by atoms with Crippen molar-refractivity contribution in [2.75, 3.05) is 13.2 Å². The molecule has 2 aliphatic rings. The van der Waals surface area contributed by atoms with Crippen LogP contribution in [0.4, 0.5) is 0 Å². The van der Waals surface area contributed by atoms with Crippen molar-refractivity contribution in [2.45, 2.75) is 135 Å². The van der Waals surface area contributed by atoms with Gasteiger partial charge in [-0.15, -0.1) is 22.7 Å². The van der Waals surface area contributed by atoms with Gasteiger partial charge in [-0.1, -0.05) is 123 Å². The van der Waals surface area contributed by atoms with Crippen molar-refractivity contribution in [1.82, 2.24) is 0 Å². The van der Waals surface area contributed by atoms with Crippen LogP contribution in [0.1, 0.15) is 135 Å². The first kappa shape index (κ1) is 41.8. The highest BCUT2D eigenvalue weighted by Gasteiger charge is 2.35. The van der Waals surface area contributed by atoms with Gasteiger partial charge < -0.3 is 9.47 Å². The Bertz CT molecular complexity index is 1790. The van der Waals surface area contributed by atoms with E-state index in [9.17, 15) is 9.59 Å². The van der Waals surface area contributed by atoms with E-state index in [2.05, 4.69) is 133 Å². The lowest BCUT2D eigenvalue weighted by Gasteiger charge is -2.31. The number of ether oxygens (including phenoxy) is 2. The Balaban J connectivity index is 2.16. The van der Waals surface area contributed by atoms with Gasteiger partial charge in [-0.2, -0.15) is 0 Å². The van der Waals surface area contributed by atoms with Crippen molar-refractivity contribution in [1.29, 1.82) is 0 Å². The lowest BCUT2D eigenvalue weighted by Crippen LogP contribution is -2.28. The van der Waals surface area contributed by atoms with Crippen molar-refractivity contribution in [3.63, 3.8) is 0 Å². The number of rotatable bonds is 10. The summed E-state index contributed by atoms with van der Waals surface area (Å²) in [7, 11) is 0.